The molecule has 0 amide bonds. The molecule has 0 saturated carbocycles. The number of phenols is 1. The molecule has 0 spiro atoms. The van der Waals surface area contributed by atoms with Gasteiger partial charge in [-0.25, -0.2) is 0 Å². The van der Waals surface area contributed by atoms with Crippen LogP contribution in [0.4, 0.5) is 0 Å². The Balaban J connectivity index is 1.75. The summed E-state index contributed by atoms with van der Waals surface area (Å²) in [6.45, 7) is 4.93. The lowest BCUT2D eigenvalue weighted by atomic mass is 10.1. The normalized spacial score (nSPS) is 17.2. The number of hydrogen-bond donors (Lipinski definition) is 1. The molecule has 94 valence electrons. The molecule has 1 heterocycles. The maximum atomic E-state index is 9.57. The molecule has 4 heteroatoms. The van der Waals surface area contributed by atoms with Gasteiger partial charge in [-0.1, -0.05) is 6.07 Å². The minimum Gasteiger partial charge on any atom is -0.507 e. The molecule has 1 aliphatic rings. The second-order valence-corrected chi connectivity index (χ2v) is 5.20. The van der Waals surface area contributed by atoms with E-state index in [0.29, 0.717) is 5.75 Å². The SMILES string of the molecule is Oc1cc(CCCN2CCOCC2)ccc1Br. The molecule has 17 heavy (non-hydrogen) atoms. The average molecular weight is 300 g/mol. The Hall–Kier alpha value is -0.580. The molecule has 0 bridgehead atoms. The van der Waals surface area contributed by atoms with Crippen molar-refractivity contribution in [3.8, 4) is 5.75 Å². The van der Waals surface area contributed by atoms with Crippen LogP contribution in [0.15, 0.2) is 22.7 Å². The quantitative estimate of drug-likeness (QED) is 0.927. The standard InChI is InChI=1S/C13H18BrNO2/c14-12-4-3-11(10-13(12)16)2-1-5-15-6-8-17-9-7-15/h3-4,10,16H,1-2,5-9H2. The minimum atomic E-state index is 0.328. The highest BCUT2D eigenvalue weighted by atomic mass is 79.9. The largest absolute Gasteiger partial charge is 0.507 e. The second-order valence-electron chi connectivity index (χ2n) is 4.34. The number of nitrogens with zero attached hydrogens (tertiary/aromatic N) is 1. The molecule has 0 radical (unpaired) electrons. The van der Waals surface area contributed by atoms with Gasteiger partial charge in [0.2, 0.25) is 0 Å². The summed E-state index contributed by atoms with van der Waals surface area (Å²) >= 11 is 3.29. The maximum Gasteiger partial charge on any atom is 0.130 e. The number of halogens is 1. The third-order valence-corrected chi connectivity index (χ3v) is 3.72. The van der Waals surface area contributed by atoms with Gasteiger partial charge in [0.15, 0.2) is 0 Å². The van der Waals surface area contributed by atoms with Crippen LogP contribution in [0.3, 0.4) is 0 Å². The average Bonchev–Trinajstić information content (AvgIpc) is 2.35. The van der Waals surface area contributed by atoms with Gasteiger partial charge in [0.25, 0.3) is 0 Å². The Bertz CT molecular complexity index is 364. The zero-order valence-electron chi connectivity index (χ0n) is 9.86. The number of hydrogen-bond acceptors (Lipinski definition) is 3. The first-order valence-electron chi connectivity index (χ1n) is 6.03. The molecule has 1 aliphatic heterocycles. The van der Waals surface area contributed by atoms with Gasteiger partial charge in [-0.3, -0.25) is 4.90 Å². The number of rotatable bonds is 4. The first-order chi connectivity index (χ1) is 8.25. The van der Waals surface area contributed by atoms with E-state index >= 15 is 0 Å². The lowest BCUT2D eigenvalue weighted by molar-refractivity contribution is 0.0374. The second kappa shape index (κ2) is 6.38. The Morgan fingerprint density at radius 1 is 1.29 bits per heavy atom. The molecule has 1 aromatic rings. The Labute approximate surface area is 111 Å². The van der Waals surface area contributed by atoms with E-state index < -0.39 is 0 Å². The molecule has 1 aromatic carbocycles. The van der Waals surface area contributed by atoms with Crippen LogP contribution >= 0.6 is 15.9 Å². The number of benzene rings is 1. The number of phenolic OH excluding ortho intramolecular Hbond substituents is 1. The monoisotopic (exact) mass is 299 g/mol. The summed E-state index contributed by atoms with van der Waals surface area (Å²) in [6, 6.07) is 5.80. The van der Waals surface area contributed by atoms with E-state index in [1.807, 2.05) is 12.1 Å². The van der Waals surface area contributed by atoms with E-state index in [0.717, 1.165) is 50.2 Å². The van der Waals surface area contributed by atoms with Gasteiger partial charge in [0.1, 0.15) is 5.75 Å². The molecular formula is C13H18BrNO2. The summed E-state index contributed by atoms with van der Waals surface area (Å²) in [5, 5.41) is 9.57. The molecule has 2 rings (SSSR count). The first kappa shape index (κ1) is 12.9. The van der Waals surface area contributed by atoms with Crippen LogP contribution in [0.1, 0.15) is 12.0 Å². The predicted octanol–water partition coefficient (Wildman–Crippen LogP) is 2.42. The van der Waals surface area contributed by atoms with Crippen LogP contribution in [0, 0.1) is 0 Å². The Kier molecular flexibility index (Phi) is 4.83. The Morgan fingerprint density at radius 3 is 2.76 bits per heavy atom. The maximum absolute atomic E-state index is 9.57. The highest BCUT2D eigenvalue weighted by Gasteiger charge is 2.09. The zero-order valence-corrected chi connectivity index (χ0v) is 11.4. The van der Waals surface area contributed by atoms with Gasteiger partial charge in [0.05, 0.1) is 17.7 Å². The summed E-state index contributed by atoms with van der Waals surface area (Å²) in [5.41, 5.74) is 1.19. The van der Waals surface area contributed by atoms with E-state index in [1.165, 1.54) is 5.56 Å². The molecule has 1 saturated heterocycles. The van der Waals surface area contributed by atoms with Crippen molar-refractivity contribution >= 4 is 15.9 Å². The van der Waals surface area contributed by atoms with Crippen LogP contribution in [0.2, 0.25) is 0 Å². The number of aryl methyl sites for hydroxylation is 1. The van der Waals surface area contributed by atoms with Gasteiger partial charge in [-0.2, -0.15) is 0 Å². The van der Waals surface area contributed by atoms with Crippen LogP contribution in [0.5, 0.6) is 5.75 Å². The fourth-order valence-corrected chi connectivity index (χ4v) is 2.29. The van der Waals surface area contributed by atoms with Crippen molar-refractivity contribution in [3.05, 3.63) is 28.2 Å². The van der Waals surface area contributed by atoms with E-state index in [-0.39, 0.29) is 0 Å². The summed E-state index contributed by atoms with van der Waals surface area (Å²) < 4.78 is 6.07. The van der Waals surface area contributed by atoms with Gasteiger partial charge in [-0.05, 0) is 53.0 Å². The number of aromatic hydroxyl groups is 1. The lowest BCUT2D eigenvalue weighted by Gasteiger charge is -2.26. The van der Waals surface area contributed by atoms with Crippen molar-refractivity contribution in [1.82, 2.24) is 4.90 Å². The van der Waals surface area contributed by atoms with Gasteiger partial charge < -0.3 is 9.84 Å². The summed E-state index contributed by atoms with van der Waals surface area (Å²) in [7, 11) is 0. The van der Waals surface area contributed by atoms with E-state index in [4.69, 9.17) is 4.74 Å². The van der Waals surface area contributed by atoms with Gasteiger partial charge >= 0.3 is 0 Å². The van der Waals surface area contributed by atoms with E-state index in [2.05, 4.69) is 26.9 Å². The van der Waals surface area contributed by atoms with Crippen molar-refractivity contribution in [3.63, 3.8) is 0 Å². The third kappa shape index (κ3) is 3.98. The first-order valence-corrected chi connectivity index (χ1v) is 6.82. The van der Waals surface area contributed by atoms with Crippen LogP contribution in [-0.2, 0) is 11.2 Å². The molecule has 3 nitrogen and oxygen atoms in total. The van der Waals surface area contributed by atoms with E-state index in [9.17, 15) is 5.11 Å². The molecule has 0 atom stereocenters. The third-order valence-electron chi connectivity index (χ3n) is 3.05. The number of morpholine rings is 1. The molecule has 0 aliphatic carbocycles. The summed E-state index contributed by atoms with van der Waals surface area (Å²) in [6.07, 6.45) is 2.14. The molecule has 1 fully saturated rings. The molecule has 0 aromatic heterocycles. The van der Waals surface area contributed by atoms with Crippen molar-refractivity contribution in [2.45, 2.75) is 12.8 Å². The fourth-order valence-electron chi connectivity index (χ4n) is 2.05. The van der Waals surface area contributed by atoms with Crippen molar-refractivity contribution in [2.75, 3.05) is 32.8 Å². The summed E-state index contributed by atoms with van der Waals surface area (Å²) in [5.74, 6) is 0.328. The lowest BCUT2D eigenvalue weighted by Crippen LogP contribution is -2.36. The molecule has 1 N–H and O–H groups in total. The fraction of sp³-hybridized carbons (Fsp3) is 0.538. The topological polar surface area (TPSA) is 32.7 Å². The van der Waals surface area contributed by atoms with Crippen molar-refractivity contribution in [1.29, 1.82) is 0 Å². The molecule has 0 unspecified atom stereocenters. The highest BCUT2D eigenvalue weighted by molar-refractivity contribution is 9.10. The zero-order chi connectivity index (χ0) is 12.1. The van der Waals surface area contributed by atoms with Crippen LogP contribution in [-0.4, -0.2) is 42.9 Å². The predicted molar refractivity (Wildman–Crippen MR) is 71.4 cm³/mol. The van der Waals surface area contributed by atoms with Crippen LogP contribution < -0.4 is 0 Å². The molecular weight excluding hydrogens is 282 g/mol. The van der Waals surface area contributed by atoms with Crippen molar-refractivity contribution in [2.24, 2.45) is 0 Å². The highest BCUT2D eigenvalue weighted by Crippen LogP contribution is 2.24. The summed E-state index contributed by atoms with van der Waals surface area (Å²) in [4.78, 5) is 2.43. The minimum absolute atomic E-state index is 0.328. The Morgan fingerprint density at radius 2 is 2.06 bits per heavy atom. The smallest absolute Gasteiger partial charge is 0.130 e. The van der Waals surface area contributed by atoms with Crippen molar-refractivity contribution < 1.29 is 9.84 Å². The van der Waals surface area contributed by atoms with E-state index in [1.54, 1.807) is 0 Å². The van der Waals surface area contributed by atoms with Gasteiger partial charge in [0, 0.05) is 13.1 Å². The van der Waals surface area contributed by atoms with Crippen LogP contribution in [0.25, 0.3) is 0 Å². The van der Waals surface area contributed by atoms with Gasteiger partial charge in [-0.15, -0.1) is 0 Å². The number of ether oxygens (including phenoxy) is 1.